The molecule has 94 valence electrons. The maximum Gasteiger partial charge on any atom is 0.138 e. The van der Waals surface area contributed by atoms with Crippen LogP contribution in [0.1, 0.15) is 5.56 Å². The second kappa shape index (κ2) is 6.31. The van der Waals surface area contributed by atoms with E-state index in [4.69, 9.17) is 21.1 Å². The largest absolute Gasteiger partial charge is 0.490 e. The van der Waals surface area contributed by atoms with E-state index < -0.39 is 0 Å². The van der Waals surface area contributed by atoms with E-state index in [0.29, 0.717) is 24.0 Å². The number of hydrogen-bond acceptors (Lipinski definition) is 2. The Balaban J connectivity index is 1.78. The predicted octanol–water partition coefficient (Wildman–Crippen LogP) is 4.11. The van der Waals surface area contributed by atoms with Crippen LogP contribution in [-0.4, -0.2) is 13.2 Å². The minimum absolute atomic E-state index is 0.470. The normalized spacial score (nSPS) is 10.1. The fourth-order valence-corrected chi connectivity index (χ4v) is 1.77. The molecule has 2 aromatic carbocycles. The molecule has 0 aromatic heterocycles. The zero-order valence-corrected chi connectivity index (χ0v) is 11.0. The van der Waals surface area contributed by atoms with Gasteiger partial charge < -0.3 is 9.47 Å². The van der Waals surface area contributed by atoms with Crippen molar-refractivity contribution in [3.63, 3.8) is 0 Å². The molecule has 0 unspecified atom stereocenters. The Morgan fingerprint density at radius 1 is 0.944 bits per heavy atom. The van der Waals surface area contributed by atoms with Gasteiger partial charge in [-0.05, 0) is 36.8 Å². The van der Waals surface area contributed by atoms with Gasteiger partial charge in [0.25, 0.3) is 0 Å². The van der Waals surface area contributed by atoms with E-state index in [1.54, 1.807) is 6.07 Å². The third-order valence-electron chi connectivity index (χ3n) is 2.44. The van der Waals surface area contributed by atoms with Gasteiger partial charge in [-0.25, -0.2) is 0 Å². The summed E-state index contributed by atoms with van der Waals surface area (Å²) in [5.41, 5.74) is 1.18. The minimum Gasteiger partial charge on any atom is -0.490 e. The molecule has 2 rings (SSSR count). The molecule has 0 radical (unpaired) electrons. The number of rotatable bonds is 5. The lowest BCUT2D eigenvalue weighted by atomic mass is 10.2. The molecule has 0 saturated carbocycles. The van der Waals surface area contributed by atoms with Crippen molar-refractivity contribution >= 4 is 11.6 Å². The highest BCUT2D eigenvalue weighted by Gasteiger charge is 1.99. The summed E-state index contributed by atoms with van der Waals surface area (Å²) >= 11 is 5.98. The Morgan fingerprint density at radius 3 is 2.50 bits per heavy atom. The first-order valence-electron chi connectivity index (χ1n) is 5.82. The topological polar surface area (TPSA) is 18.5 Å². The van der Waals surface area contributed by atoms with Crippen LogP contribution in [0.5, 0.6) is 11.5 Å². The van der Waals surface area contributed by atoms with Crippen LogP contribution in [0.2, 0.25) is 5.02 Å². The first-order chi connectivity index (χ1) is 8.75. The molecule has 0 aliphatic carbocycles. The molecular formula is C15H15ClO2. The van der Waals surface area contributed by atoms with Crippen molar-refractivity contribution in [3.05, 3.63) is 59.1 Å². The van der Waals surface area contributed by atoms with Crippen molar-refractivity contribution in [2.24, 2.45) is 0 Å². The molecule has 0 saturated heterocycles. The molecule has 3 heteroatoms. The maximum absolute atomic E-state index is 5.98. The lowest BCUT2D eigenvalue weighted by Crippen LogP contribution is -2.09. The van der Waals surface area contributed by atoms with Crippen LogP contribution < -0.4 is 9.47 Å². The number of ether oxygens (including phenoxy) is 2. The quantitative estimate of drug-likeness (QED) is 0.755. The summed E-state index contributed by atoms with van der Waals surface area (Å²) in [5.74, 6) is 1.55. The van der Waals surface area contributed by atoms with Gasteiger partial charge in [0.1, 0.15) is 24.7 Å². The lowest BCUT2D eigenvalue weighted by molar-refractivity contribution is 0.217. The van der Waals surface area contributed by atoms with Crippen molar-refractivity contribution in [1.29, 1.82) is 0 Å². The number of halogens is 1. The maximum atomic E-state index is 5.98. The Kier molecular flexibility index (Phi) is 4.48. The van der Waals surface area contributed by atoms with E-state index in [9.17, 15) is 0 Å². The SMILES string of the molecule is Cc1cccc(OCCOc2ccccc2Cl)c1. The Hall–Kier alpha value is -1.67. The molecule has 0 spiro atoms. The Bertz CT molecular complexity index is 511. The number of para-hydroxylation sites is 1. The summed E-state index contributed by atoms with van der Waals surface area (Å²) < 4.78 is 11.1. The van der Waals surface area contributed by atoms with Gasteiger partial charge in [-0.15, -0.1) is 0 Å². The van der Waals surface area contributed by atoms with E-state index in [1.807, 2.05) is 49.4 Å². The second-order valence-corrected chi connectivity index (χ2v) is 4.35. The molecule has 2 aromatic rings. The summed E-state index contributed by atoms with van der Waals surface area (Å²) in [7, 11) is 0. The third-order valence-corrected chi connectivity index (χ3v) is 2.75. The second-order valence-electron chi connectivity index (χ2n) is 3.94. The average molecular weight is 263 g/mol. The van der Waals surface area contributed by atoms with E-state index in [0.717, 1.165) is 5.75 Å². The van der Waals surface area contributed by atoms with E-state index in [1.165, 1.54) is 5.56 Å². The molecule has 18 heavy (non-hydrogen) atoms. The molecule has 0 atom stereocenters. The van der Waals surface area contributed by atoms with Gasteiger partial charge in [-0.2, -0.15) is 0 Å². The highest BCUT2D eigenvalue weighted by Crippen LogP contribution is 2.22. The number of aryl methyl sites for hydroxylation is 1. The van der Waals surface area contributed by atoms with Gasteiger partial charge in [0.05, 0.1) is 5.02 Å². The van der Waals surface area contributed by atoms with Crippen LogP contribution in [-0.2, 0) is 0 Å². The fraction of sp³-hybridized carbons (Fsp3) is 0.200. The van der Waals surface area contributed by atoms with Crippen LogP contribution in [0.15, 0.2) is 48.5 Å². The molecule has 0 heterocycles. The molecule has 0 aliphatic rings. The van der Waals surface area contributed by atoms with Crippen LogP contribution in [0, 0.1) is 6.92 Å². The molecule has 0 bridgehead atoms. The fourth-order valence-electron chi connectivity index (χ4n) is 1.58. The first-order valence-corrected chi connectivity index (χ1v) is 6.20. The molecule has 0 amide bonds. The minimum atomic E-state index is 0.470. The summed E-state index contributed by atoms with van der Waals surface area (Å²) in [4.78, 5) is 0. The van der Waals surface area contributed by atoms with E-state index in [-0.39, 0.29) is 0 Å². The van der Waals surface area contributed by atoms with Gasteiger partial charge in [0.2, 0.25) is 0 Å². The average Bonchev–Trinajstić information content (AvgIpc) is 2.37. The molecule has 0 N–H and O–H groups in total. The van der Waals surface area contributed by atoms with Gasteiger partial charge in [0.15, 0.2) is 0 Å². The highest BCUT2D eigenvalue weighted by atomic mass is 35.5. The van der Waals surface area contributed by atoms with Crippen molar-refractivity contribution in [2.45, 2.75) is 6.92 Å². The third kappa shape index (κ3) is 3.67. The number of benzene rings is 2. The van der Waals surface area contributed by atoms with Crippen molar-refractivity contribution in [2.75, 3.05) is 13.2 Å². The monoisotopic (exact) mass is 262 g/mol. The standard InChI is InChI=1S/C15H15ClO2/c1-12-5-4-6-13(11-12)17-9-10-18-15-8-3-2-7-14(15)16/h2-8,11H,9-10H2,1H3. The zero-order chi connectivity index (χ0) is 12.8. The number of hydrogen-bond donors (Lipinski definition) is 0. The van der Waals surface area contributed by atoms with Crippen molar-refractivity contribution in [3.8, 4) is 11.5 Å². The van der Waals surface area contributed by atoms with Gasteiger partial charge in [-0.1, -0.05) is 35.9 Å². The predicted molar refractivity (Wildman–Crippen MR) is 73.6 cm³/mol. The van der Waals surface area contributed by atoms with Gasteiger partial charge in [0, 0.05) is 0 Å². The van der Waals surface area contributed by atoms with E-state index in [2.05, 4.69) is 0 Å². The van der Waals surface area contributed by atoms with Gasteiger partial charge in [-0.3, -0.25) is 0 Å². The summed E-state index contributed by atoms with van der Waals surface area (Å²) in [6, 6.07) is 15.3. The smallest absolute Gasteiger partial charge is 0.138 e. The van der Waals surface area contributed by atoms with Crippen LogP contribution in [0.25, 0.3) is 0 Å². The zero-order valence-electron chi connectivity index (χ0n) is 10.2. The molecule has 2 nitrogen and oxygen atoms in total. The molecular weight excluding hydrogens is 248 g/mol. The van der Waals surface area contributed by atoms with Gasteiger partial charge >= 0.3 is 0 Å². The first kappa shape index (κ1) is 12.8. The Morgan fingerprint density at radius 2 is 1.72 bits per heavy atom. The lowest BCUT2D eigenvalue weighted by Gasteiger charge is -2.09. The Labute approximate surface area is 112 Å². The van der Waals surface area contributed by atoms with Crippen molar-refractivity contribution in [1.82, 2.24) is 0 Å². The van der Waals surface area contributed by atoms with Crippen molar-refractivity contribution < 1.29 is 9.47 Å². The summed E-state index contributed by atoms with van der Waals surface area (Å²) in [6.45, 7) is 3.00. The summed E-state index contributed by atoms with van der Waals surface area (Å²) in [6.07, 6.45) is 0. The van der Waals surface area contributed by atoms with Crippen LogP contribution >= 0.6 is 11.6 Å². The molecule has 0 aliphatic heterocycles. The van der Waals surface area contributed by atoms with Crippen LogP contribution in [0.4, 0.5) is 0 Å². The van der Waals surface area contributed by atoms with Crippen LogP contribution in [0.3, 0.4) is 0 Å². The molecule has 0 fully saturated rings. The summed E-state index contributed by atoms with van der Waals surface area (Å²) in [5, 5.41) is 0.619. The van der Waals surface area contributed by atoms with E-state index >= 15 is 0 Å². The highest BCUT2D eigenvalue weighted by molar-refractivity contribution is 6.32.